The van der Waals surface area contributed by atoms with Crippen LogP contribution in [0.15, 0.2) is 48.7 Å². The number of imide groups is 1. The fourth-order valence-electron chi connectivity index (χ4n) is 3.81. The zero-order chi connectivity index (χ0) is 22.7. The van der Waals surface area contributed by atoms with Crippen LogP contribution in [0.5, 0.6) is 0 Å². The highest BCUT2D eigenvalue weighted by atomic mass is 19.1. The number of rotatable bonds is 3. The molecule has 9 nitrogen and oxygen atoms in total. The van der Waals surface area contributed by atoms with Crippen molar-refractivity contribution in [3.8, 4) is 5.69 Å². The SMILES string of the molecule is Cc1nn(-c2ccc(F)cc2F)c2ncc3c(c12)C(=O)N(c1ccccc1[N+](=O)[O-])C3=O. The summed E-state index contributed by atoms with van der Waals surface area (Å²) < 4.78 is 28.8. The van der Waals surface area contributed by atoms with Crippen LogP contribution in [0.3, 0.4) is 0 Å². The van der Waals surface area contributed by atoms with Gasteiger partial charge < -0.3 is 0 Å². The topological polar surface area (TPSA) is 111 Å². The second-order valence-electron chi connectivity index (χ2n) is 7.03. The fourth-order valence-corrected chi connectivity index (χ4v) is 3.81. The number of amides is 2. The van der Waals surface area contributed by atoms with Crippen LogP contribution in [-0.4, -0.2) is 31.5 Å². The van der Waals surface area contributed by atoms with E-state index in [1.807, 2.05) is 0 Å². The molecule has 1 aliphatic rings. The molecule has 11 heteroatoms. The van der Waals surface area contributed by atoms with Crippen LogP contribution in [0.1, 0.15) is 26.4 Å². The number of fused-ring (bicyclic) bond motifs is 3. The van der Waals surface area contributed by atoms with Crippen molar-refractivity contribution in [2.24, 2.45) is 0 Å². The Kier molecular flexibility index (Phi) is 4.09. The van der Waals surface area contributed by atoms with Crippen LogP contribution in [0.25, 0.3) is 16.7 Å². The molecule has 3 heterocycles. The van der Waals surface area contributed by atoms with E-state index in [0.29, 0.717) is 6.07 Å². The number of carbonyl (C=O) groups is 2. The summed E-state index contributed by atoms with van der Waals surface area (Å²) in [5.74, 6) is -3.21. The molecule has 0 saturated carbocycles. The molecule has 0 saturated heterocycles. The number of hydrogen-bond acceptors (Lipinski definition) is 6. The van der Waals surface area contributed by atoms with Crippen molar-refractivity contribution in [2.75, 3.05) is 4.90 Å². The van der Waals surface area contributed by atoms with Crippen LogP contribution in [-0.2, 0) is 0 Å². The third-order valence-electron chi connectivity index (χ3n) is 5.18. The summed E-state index contributed by atoms with van der Waals surface area (Å²) in [6, 6.07) is 8.31. The Morgan fingerprint density at radius 3 is 2.50 bits per heavy atom. The van der Waals surface area contributed by atoms with Crippen molar-refractivity contribution in [1.29, 1.82) is 0 Å². The second-order valence-corrected chi connectivity index (χ2v) is 7.03. The number of nitro groups is 1. The Bertz CT molecular complexity index is 1500. The van der Waals surface area contributed by atoms with Gasteiger partial charge in [0.05, 0.1) is 27.1 Å². The van der Waals surface area contributed by atoms with Crippen molar-refractivity contribution in [1.82, 2.24) is 14.8 Å². The summed E-state index contributed by atoms with van der Waals surface area (Å²) >= 11 is 0. The molecule has 0 fully saturated rings. The third kappa shape index (κ3) is 2.61. The molecule has 0 spiro atoms. The first-order valence-corrected chi connectivity index (χ1v) is 9.25. The quantitative estimate of drug-likeness (QED) is 0.276. The molecule has 158 valence electrons. The Morgan fingerprint density at radius 2 is 1.78 bits per heavy atom. The summed E-state index contributed by atoms with van der Waals surface area (Å²) in [6.07, 6.45) is 1.14. The summed E-state index contributed by atoms with van der Waals surface area (Å²) in [6.45, 7) is 1.55. The standard InChI is InChI=1S/C21H11F2N5O4/c1-10-17-18-12(9-24-19(17)27(25-10)14-7-6-11(22)8-13(14)23)20(29)26(21(18)30)15-4-2-3-5-16(15)28(31)32/h2-9H,1H3. The molecule has 0 radical (unpaired) electrons. The van der Waals surface area contributed by atoms with E-state index in [-0.39, 0.29) is 39.2 Å². The molecular weight excluding hydrogens is 424 g/mol. The molecule has 0 unspecified atom stereocenters. The number of benzene rings is 2. The lowest BCUT2D eigenvalue weighted by atomic mass is 10.1. The van der Waals surface area contributed by atoms with Gasteiger partial charge in [0.25, 0.3) is 17.5 Å². The highest BCUT2D eigenvalue weighted by Gasteiger charge is 2.42. The predicted molar refractivity (Wildman–Crippen MR) is 108 cm³/mol. The largest absolute Gasteiger partial charge is 0.293 e. The fraction of sp³-hybridized carbons (Fsp3) is 0.0476. The van der Waals surface area contributed by atoms with Gasteiger partial charge in [-0.1, -0.05) is 12.1 Å². The van der Waals surface area contributed by atoms with Gasteiger partial charge in [-0.25, -0.2) is 23.3 Å². The Balaban J connectivity index is 1.73. The average molecular weight is 435 g/mol. The lowest BCUT2D eigenvalue weighted by Crippen LogP contribution is -2.30. The lowest BCUT2D eigenvalue weighted by Gasteiger charge is -2.13. The Morgan fingerprint density at radius 1 is 1.03 bits per heavy atom. The number of hydrogen-bond donors (Lipinski definition) is 0. The maximum atomic E-state index is 14.4. The number of para-hydroxylation sites is 2. The van der Waals surface area contributed by atoms with Crippen molar-refractivity contribution in [3.63, 3.8) is 0 Å². The maximum Gasteiger partial charge on any atom is 0.293 e. The first-order valence-electron chi connectivity index (χ1n) is 9.25. The maximum absolute atomic E-state index is 14.4. The monoisotopic (exact) mass is 435 g/mol. The van der Waals surface area contributed by atoms with Gasteiger partial charge in [0, 0.05) is 18.3 Å². The smallest absolute Gasteiger partial charge is 0.268 e. The summed E-state index contributed by atoms with van der Waals surface area (Å²) in [5, 5.41) is 15.8. The molecule has 2 aromatic heterocycles. The van der Waals surface area contributed by atoms with Gasteiger partial charge in [-0.3, -0.25) is 19.7 Å². The third-order valence-corrected chi connectivity index (χ3v) is 5.18. The van der Waals surface area contributed by atoms with E-state index in [1.165, 1.54) is 30.3 Å². The van der Waals surface area contributed by atoms with E-state index in [0.717, 1.165) is 21.8 Å². The molecule has 2 amide bonds. The molecule has 2 aromatic carbocycles. The Hall–Kier alpha value is -4.54. The minimum absolute atomic E-state index is 0.0376. The zero-order valence-corrected chi connectivity index (χ0v) is 16.2. The van der Waals surface area contributed by atoms with Crippen molar-refractivity contribution in [3.05, 3.63) is 87.2 Å². The number of halogens is 2. The first kappa shape index (κ1) is 19.4. The summed E-state index contributed by atoms with van der Waals surface area (Å²) in [5.41, 5.74) is -0.411. The molecule has 0 bridgehead atoms. The minimum Gasteiger partial charge on any atom is -0.268 e. The number of aromatic nitrogens is 3. The Labute approximate surface area is 177 Å². The number of carbonyl (C=O) groups excluding carboxylic acids is 2. The molecule has 0 aliphatic carbocycles. The second kappa shape index (κ2) is 6.74. The lowest BCUT2D eigenvalue weighted by molar-refractivity contribution is -0.384. The number of pyridine rings is 1. The van der Waals surface area contributed by atoms with Crippen LogP contribution in [0.2, 0.25) is 0 Å². The van der Waals surface area contributed by atoms with Gasteiger partial charge >= 0.3 is 0 Å². The van der Waals surface area contributed by atoms with Crippen LogP contribution in [0.4, 0.5) is 20.2 Å². The number of nitrogens with zero attached hydrogens (tertiary/aromatic N) is 5. The van der Waals surface area contributed by atoms with Gasteiger partial charge in [0.15, 0.2) is 11.5 Å². The van der Waals surface area contributed by atoms with Crippen molar-refractivity contribution in [2.45, 2.75) is 6.92 Å². The minimum atomic E-state index is -0.888. The molecule has 0 N–H and O–H groups in total. The number of aryl methyl sites for hydroxylation is 1. The van der Waals surface area contributed by atoms with Gasteiger partial charge in [-0.15, -0.1) is 0 Å². The van der Waals surface area contributed by atoms with E-state index in [1.54, 1.807) is 6.92 Å². The van der Waals surface area contributed by atoms with E-state index >= 15 is 0 Å². The number of nitro benzene ring substituents is 1. The summed E-state index contributed by atoms with van der Waals surface area (Å²) in [7, 11) is 0. The van der Waals surface area contributed by atoms with Gasteiger partial charge in [0.1, 0.15) is 17.2 Å². The van der Waals surface area contributed by atoms with E-state index < -0.39 is 34.1 Å². The van der Waals surface area contributed by atoms with E-state index in [2.05, 4.69) is 10.1 Å². The van der Waals surface area contributed by atoms with E-state index in [4.69, 9.17) is 0 Å². The number of anilines is 1. The average Bonchev–Trinajstić information content (AvgIpc) is 3.22. The van der Waals surface area contributed by atoms with Gasteiger partial charge in [-0.2, -0.15) is 5.10 Å². The summed E-state index contributed by atoms with van der Waals surface area (Å²) in [4.78, 5) is 42.0. The highest BCUT2D eigenvalue weighted by Crippen LogP contribution is 2.38. The normalized spacial score (nSPS) is 13.2. The van der Waals surface area contributed by atoms with E-state index in [9.17, 15) is 28.5 Å². The zero-order valence-electron chi connectivity index (χ0n) is 16.2. The molecule has 4 aromatic rings. The molecule has 5 rings (SSSR count). The predicted octanol–water partition coefficient (Wildman–Crippen LogP) is 3.72. The molecular formula is C21H11F2N5O4. The molecule has 1 aliphatic heterocycles. The van der Waals surface area contributed by atoms with Crippen LogP contribution >= 0.6 is 0 Å². The molecule has 32 heavy (non-hydrogen) atoms. The van der Waals surface area contributed by atoms with Gasteiger partial charge in [-0.05, 0) is 25.1 Å². The van der Waals surface area contributed by atoms with Crippen molar-refractivity contribution >= 4 is 34.2 Å². The van der Waals surface area contributed by atoms with Crippen molar-refractivity contribution < 1.29 is 23.3 Å². The van der Waals surface area contributed by atoms with Gasteiger partial charge in [0.2, 0.25) is 0 Å². The first-order chi connectivity index (χ1) is 15.3. The highest BCUT2D eigenvalue weighted by molar-refractivity contribution is 6.38. The van der Waals surface area contributed by atoms with Crippen LogP contribution in [0, 0.1) is 28.7 Å². The van der Waals surface area contributed by atoms with Crippen LogP contribution < -0.4 is 4.90 Å². The molecule has 0 atom stereocenters.